The molecule has 1 aromatic carbocycles. The summed E-state index contributed by atoms with van der Waals surface area (Å²) in [6.45, 7) is 1.21. The minimum absolute atomic E-state index is 0.809. The molecule has 2 rings (SSSR count). The van der Waals surface area contributed by atoms with Crippen molar-refractivity contribution < 1.29 is 0 Å². The van der Waals surface area contributed by atoms with Crippen molar-refractivity contribution in [2.45, 2.75) is 63.8 Å². The lowest BCUT2D eigenvalue weighted by atomic mass is 10.1. The minimum Gasteiger partial charge on any atom is -0.314 e. The Kier molecular flexibility index (Phi) is 6.28. The molecule has 0 aromatic heterocycles. The lowest BCUT2D eigenvalue weighted by Crippen LogP contribution is -2.29. The molecule has 0 unspecified atom stereocenters. The maximum atomic E-state index is 3.75. The van der Waals surface area contributed by atoms with E-state index in [9.17, 15) is 0 Å². The lowest BCUT2D eigenvalue weighted by Gasteiger charge is -2.15. The number of hydrogen-bond donors (Lipinski definition) is 1. The van der Waals surface area contributed by atoms with E-state index >= 15 is 0 Å². The number of aryl methyl sites for hydroxylation is 1. The van der Waals surface area contributed by atoms with Gasteiger partial charge in [0.15, 0.2) is 0 Å². The Balaban J connectivity index is 1.53. The molecule has 0 bridgehead atoms. The summed E-state index contributed by atoms with van der Waals surface area (Å²) in [5, 5.41) is 3.75. The van der Waals surface area contributed by atoms with Crippen molar-refractivity contribution >= 4 is 0 Å². The van der Waals surface area contributed by atoms with Crippen LogP contribution < -0.4 is 5.32 Å². The van der Waals surface area contributed by atoms with E-state index in [2.05, 4.69) is 35.6 Å². The first-order valence-electron chi connectivity index (χ1n) is 7.72. The SMILES string of the molecule is c1ccc(CCCCNC2CCCCCC2)cc1. The highest BCUT2D eigenvalue weighted by molar-refractivity contribution is 5.14. The summed E-state index contributed by atoms with van der Waals surface area (Å²) >= 11 is 0. The van der Waals surface area contributed by atoms with E-state index in [-0.39, 0.29) is 0 Å². The van der Waals surface area contributed by atoms with E-state index in [1.807, 2.05) is 0 Å². The molecule has 18 heavy (non-hydrogen) atoms. The molecular weight excluding hydrogens is 218 g/mol. The average molecular weight is 245 g/mol. The molecule has 0 atom stereocenters. The Morgan fingerprint density at radius 2 is 1.61 bits per heavy atom. The van der Waals surface area contributed by atoms with Crippen LogP contribution in [0.25, 0.3) is 0 Å². The zero-order valence-electron chi connectivity index (χ0n) is 11.5. The highest BCUT2D eigenvalue weighted by atomic mass is 14.9. The first kappa shape index (κ1) is 13.6. The highest BCUT2D eigenvalue weighted by Gasteiger charge is 2.10. The van der Waals surface area contributed by atoms with Crippen LogP contribution in [-0.2, 0) is 6.42 Å². The van der Waals surface area contributed by atoms with Crippen LogP contribution in [0.5, 0.6) is 0 Å². The Morgan fingerprint density at radius 3 is 2.33 bits per heavy atom. The van der Waals surface area contributed by atoms with Gasteiger partial charge in [-0.15, -0.1) is 0 Å². The largest absolute Gasteiger partial charge is 0.314 e. The summed E-state index contributed by atoms with van der Waals surface area (Å²) in [7, 11) is 0. The predicted molar refractivity (Wildman–Crippen MR) is 78.9 cm³/mol. The fourth-order valence-electron chi connectivity index (χ4n) is 2.89. The molecular formula is C17H27N. The monoisotopic (exact) mass is 245 g/mol. The van der Waals surface area contributed by atoms with Crippen LogP contribution in [0.2, 0.25) is 0 Å². The smallest absolute Gasteiger partial charge is 0.00670 e. The quantitative estimate of drug-likeness (QED) is 0.581. The van der Waals surface area contributed by atoms with Crippen LogP contribution in [0, 0.1) is 0 Å². The van der Waals surface area contributed by atoms with Crippen molar-refractivity contribution in [1.29, 1.82) is 0 Å². The summed E-state index contributed by atoms with van der Waals surface area (Å²) in [4.78, 5) is 0. The third kappa shape index (κ3) is 5.22. The van der Waals surface area contributed by atoms with Gasteiger partial charge in [0.05, 0.1) is 0 Å². The highest BCUT2D eigenvalue weighted by Crippen LogP contribution is 2.17. The zero-order chi connectivity index (χ0) is 12.5. The van der Waals surface area contributed by atoms with Crippen LogP contribution in [-0.4, -0.2) is 12.6 Å². The number of rotatable bonds is 6. The number of nitrogens with one attached hydrogen (secondary N) is 1. The van der Waals surface area contributed by atoms with Gasteiger partial charge in [-0.1, -0.05) is 56.0 Å². The second-order valence-corrected chi connectivity index (χ2v) is 5.59. The van der Waals surface area contributed by atoms with Crippen molar-refractivity contribution in [2.75, 3.05) is 6.54 Å². The Bertz CT molecular complexity index is 299. The van der Waals surface area contributed by atoms with E-state index in [1.165, 1.54) is 69.9 Å². The minimum atomic E-state index is 0.809. The second-order valence-electron chi connectivity index (χ2n) is 5.59. The molecule has 1 aliphatic rings. The molecule has 0 aliphatic heterocycles. The molecule has 1 aromatic rings. The van der Waals surface area contributed by atoms with Gasteiger partial charge in [-0.25, -0.2) is 0 Å². The molecule has 0 heterocycles. The van der Waals surface area contributed by atoms with Gasteiger partial charge in [-0.3, -0.25) is 0 Å². The summed E-state index contributed by atoms with van der Waals surface area (Å²) < 4.78 is 0. The Labute approximate surface area is 112 Å². The molecule has 100 valence electrons. The third-order valence-electron chi connectivity index (χ3n) is 4.02. The molecule has 0 radical (unpaired) electrons. The first-order valence-corrected chi connectivity index (χ1v) is 7.72. The van der Waals surface area contributed by atoms with Crippen molar-refractivity contribution in [3.8, 4) is 0 Å². The number of hydrogen-bond acceptors (Lipinski definition) is 1. The summed E-state index contributed by atoms with van der Waals surface area (Å²) in [6, 6.07) is 11.6. The van der Waals surface area contributed by atoms with Crippen LogP contribution >= 0.6 is 0 Å². The topological polar surface area (TPSA) is 12.0 Å². The number of unbranched alkanes of at least 4 members (excludes halogenated alkanes) is 1. The molecule has 1 heteroatoms. The second kappa shape index (κ2) is 8.31. The normalized spacial score (nSPS) is 17.6. The maximum absolute atomic E-state index is 3.75. The fraction of sp³-hybridized carbons (Fsp3) is 0.647. The molecule has 1 fully saturated rings. The van der Waals surface area contributed by atoms with Gasteiger partial charge in [-0.05, 0) is 44.2 Å². The third-order valence-corrected chi connectivity index (χ3v) is 4.02. The van der Waals surface area contributed by atoms with Gasteiger partial charge in [0, 0.05) is 6.04 Å². The van der Waals surface area contributed by atoms with Crippen LogP contribution in [0.3, 0.4) is 0 Å². The lowest BCUT2D eigenvalue weighted by molar-refractivity contribution is 0.452. The molecule has 1 saturated carbocycles. The van der Waals surface area contributed by atoms with Crippen molar-refractivity contribution in [2.24, 2.45) is 0 Å². The van der Waals surface area contributed by atoms with Crippen molar-refractivity contribution in [1.82, 2.24) is 5.32 Å². The molecule has 1 aliphatic carbocycles. The van der Waals surface area contributed by atoms with Crippen molar-refractivity contribution in [3.63, 3.8) is 0 Å². The fourth-order valence-corrected chi connectivity index (χ4v) is 2.89. The van der Waals surface area contributed by atoms with E-state index in [0.717, 1.165) is 6.04 Å². The standard InChI is InChI=1S/C17H27N/c1-2-7-14-17(13-6-1)18-15-9-8-12-16-10-4-3-5-11-16/h3-5,10-11,17-18H,1-2,6-9,12-15H2. The van der Waals surface area contributed by atoms with Crippen LogP contribution in [0.1, 0.15) is 56.9 Å². The Morgan fingerprint density at radius 1 is 0.889 bits per heavy atom. The van der Waals surface area contributed by atoms with E-state index in [4.69, 9.17) is 0 Å². The first-order chi connectivity index (χ1) is 8.95. The van der Waals surface area contributed by atoms with Gasteiger partial charge in [0.25, 0.3) is 0 Å². The van der Waals surface area contributed by atoms with Crippen molar-refractivity contribution in [3.05, 3.63) is 35.9 Å². The molecule has 0 spiro atoms. The average Bonchev–Trinajstić information content (AvgIpc) is 2.68. The zero-order valence-corrected chi connectivity index (χ0v) is 11.5. The van der Waals surface area contributed by atoms with Gasteiger partial charge < -0.3 is 5.32 Å². The van der Waals surface area contributed by atoms with Gasteiger partial charge in [0.1, 0.15) is 0 Å². The molecule has 0 amide bonds. The van der Waals surface area contributed by atoms with Gasteiger partial charge >= 0.3 is 0 Å². The summed E-state index contributed by atoms with van der Waals surface area (Å²) in [6.07, 6.45) is 12.4. The van der Waals surface area contributed by atoms with Gasteiger partial charge in [-0.2, -0.15) is 0 Å². The van der Waals surface area contributed by atoms with Gasteiger partial charge in [0.2, 0.25) is 0 Å². The van der Waals surface area contributed by atoms with Crippen LogP contribution in [0.15, 0.2) is 30.3 Å². The predicted octanol–water partition coefficient (Wildman–Crippen LogP) is 4.32. The molecule has 1 N–H and O–H groups in total. The summed E-state index contributed by atoms with van der Waals surface area (Å²) in [5.41, 5.74) is 1.48. The summed E-state index contributed by atoms with van der Waals surface area (Å²) in [5.74, 6) is 0. The maximum Gasteiger partial charge on any atom is 0.00670 e. The Hall–Kier alpha value is -0.820. The molecule has 1 nitrogen and oxygen atoms in total. The molecule has 0 saturated heterocycles. The van der Waals surface area contributed by atoms with E-state index in [0.29, 0.717) is 0 Å². The van der Waals surface area contributed by atoms with Crippen LogP contribution in [0.4, 0.5) is 0 Å². The number of benzene rings is 1. The van der Waals surface area contributed by atoms with E-state index < -0.39 is 0 Å². The van der Waals surface area contributed by atoms with E-state index in [1.54, 1.807) is 0 Å².